The zero-order valence-electron chi connectivity index (χ0n) is 13.2. The first-order chi connectivity index (χ1) is 12.3. The molecule has 0 aliphatic carbocycles. The minimum atomic E-state index is -0.386. The van der Waals surface area contributed by atoms with Gasteiger partial charge >= 0.3 is 0 Å². The molecule has 1 unspecified atom stereocenters. The van der Waals surface area contributed by atoms with Gasteiger partial charge in [-0.15, -0.1) is 0 Å². The summed E-state index contributed by atoms with van der Waals surface area (Å²) in [5.41, 5.74) is 2.74. The van der Waals surface area contributed by atoms with Gasteiger partial charge in [-0.1, -0.05) is 18.2 Å². The Hall–Kier alpha value is -3.15. The number of aromatic amines is 1. The molecule has 1 aliphatic rings. The lowest BCUT2D eigenvalue weighted by Crippen LogP contribution is -2.20. The minimum Gasteiger partial charge on any atom is -0.493 e. The van der Waals surface area contributed by atoms with Crippen molar-refractivity contribution < 1.29 is 15.0 Å². The molecule has 0 bridgehead atoms. The highest BCUT2D eigenvalue weighted by atomic mass is 19.1. The zero-order valence-corrected chi connectivity index (χ0v) is 13.2. The van der Waals surface area contributed by atoms with Gasteiger partial charge in [-0.2, -0.15) is 0 Å². The number of hydrogen-bond acceptors (Lipinski definition) is 4. The third-order valence-electron chi connectivity index (χ3n) is 4.54. The van der Waals surface area contributed by atoms with Crippen LogP contribution in [0.1, 0.15) is 18.7 Å². The number of fused-ring (bicyclic) bond motifs is 2. The Balaban J connectivity index is 0.00000168. The summed E-state index contributed by atoms with van der Waals surface area (Å²) in [4.78, 5) is 11.6. The number of nitrogens with one attached hydrogen (secondary N) is 1. The molecule has 3 heterocycles. The topological polar surface area (TPSA) is 63.9 Å². The summed E-state index contributed by atoms with van der Waals surface area (Å²) in [6, 6.07) is 11.2. The maximum Gasteiger partial charge on any atom is 0.181 e. The number of hydrogen-bond donors (Lipinski definition) is 1. The second kappa shape index (κ2) is 5.44. The van der Waals surface area contributed by atoms with Gasteiger partial charge in [-0.3, -0.25) is 0 Å². The van der Waals surface area contributed by atoms with Crippen LogP contribution in [0.3, 0.4) is 0 Å². The first-order valence-electron chi connectivity index (χ1n) is 8.06. The summed E-state index contributed by atoms with van der Waals surface area (Å²) >= 11 is 0. The number of aromatic nitrogens is 3. The number of benzene rings is 2. The average molecular weight is 337 g/mol. The van der Waals surface area contributed by atoms with Gasteiger partial charge in [-0.25, -0.2) is 14.4 Å². The van der Waals surface area contributed by atoms with Crippen molar-refractivity contribution in [3.8, 4) is 17.1 Å². The molecule has 5 nitrogen and oxygen atoms in total. The predicted octanol–water partition coefficient (Wildman–Crippen LogP) is 4.32. The van der Waals surface area contributed by atoms with Crippen molar-refractivity contribution in [3.05, 3.63) is 66.2 Å². The fraction of sp³-hybridized carbons (Fsp3) is 0.158. The zero-order chi connectivity index (χ0) is 16.8. The van der Waals surface area contributed by atoms with E-state index < -0.39 is 0 Å². The van der Waals surface area contributed by atoms with Crippen molar-refractivity contribution in [1.29, 1.82) is 0 Å². The molecule has 0 saturated heterocycles. The van der Waals surface area contributed by atoms with E-state index in [2.05, 4.69) is 15.0 Å². The van der Waals surface area contributed by atoms with Crippen molar-refractivity contribution in [2.75, 3.05) is 6.61 Å². The monoisotopic (exact) mass is 337 g/mol. The Morgan fingerprint density at radius 3 is 3.04 bits per heavy atom. The van der Waals surface area contributed by atoms with E-state index in [1.807, 2.05) is 30.3 Å². The first kappa shape index (κ1) is 14.2. The number of imidazole rings is 1. The smallest absolute Gasteiger partial charge is 0.181 e. The van der Waals surface area contributed by atoms with E-state index in [1.165, 1.54) is 12.5 Å². The molecule has 6 heteroatoms. The second-order valence-corrected chi connectivity index (χ2v) is 6.16. The number of halogens is 1. The highest BCUT2D eigenvalue weighted by Crippen LogP contribution is 2.33. The van der Waals surface area contributed by atoms with Gasteiger partial charge in [0.05, 0.1) is 24.2 Å². The molecule has 0 amide bonds. The van der Waals surface area contributed by atoms with Gasteiger partial charge in [0.25, 0.3) is 0 Å². The summed E-state index contributed by atoms with van der Waals surface area (Å²) < 4.78 is 25.6. The highest BCUT2D eigenvalue weighted by Gasteiger charge is 2.24. The maximum absolute atomic E-state index is 14.5. The number of H-pyrrole nitrogens is 1. The quantitative estimate of drug-likeness (QED) is 0.591. The SMILES string of the molecule is Fc1cc(-c2cnco2)cc2[nH]c(C3COc4ccccc4C3)nc12.[HH]. The number of ether oxygens (including phenoxy) is 1. The first-order valence-corrected chi connectivity index (χ1v) is 8.06. The Morgan fingerprint density at radius 1 is 1.24 bits per heavy atom. The van der Waals surface area contributed by atoms with Crippen LogP contribution >= 0.6 is 0 Å². The van der Waals surface area contributed by atoms with Gasteiger partial charge in [-0.05, 0) is 30.2 Å². The van der Waals surface area contributed by atoms with Crippen molar-refractivity contribution in [1.82, 2.24) is 15.0 Å². The van der Waals surface area contributed by atoms with Crippen molar-refractivity contribution in [2.45, 2.75) is 12.3 Å². The fourth-order valence-electron chi connectivity index (χ4n) is 3.29. The number of oxazole rings is 1. The third kappa shape index (κ3) is 2.38. The van der Waals surface area contributed by atoms with E-state index in [0.29, 0.717) is 29.0 Å². The van der Waals surface area contributed by atoms with Gasteiger partial charge in [0.15, 0.2) is 18.0 Å². The van der Waals surface area contributed by atoms with Crippen LogP contribution in [0, 0.1) is 5.82 Å². The van der Waals surface area contributed by atoms with Crippen LogP contribution in [-0.2, 0) is 6.42 Å². The summed E-state index contributed by atoms with van der Waals surface area (Å²) in [6.45, 7) is 0.521. The van der Waals surface area contributed by atoms with E-state index in [-0.39, 0.29) is 13.2 Å². The molecule has 2 aromatic heterocycles. The molecular formula is C19H16FN3O2. The molecule has 1 atom stereocenters. The van der Waals surface area contributed by atoms with Crippen molar-refractivity contribution >= 4 is 11.0 Å². The fourth-order valence-corrected chi connectivity index (χ4v) is 3.29. The second-order valence-electron chi connectivity index (χ2n) is 6.16. The number of nitrogens with zero attached hydrogens (tertiary/aromatic N) is 2. The Bertz CT molecular complexity index is 1060. The van der Waals surface area contributed by atoms with Crippen molar-refractivity contribution in [3.63, 3.8) is 0 Å². The van der Waals surface area contributed by atoms with Gasteiger partial charge in [0.1, 0.15) is 17.1 Å². The molecule has 2 aromatic carbocycles. The normalized spacial score (nSPS) is 16.6. The lowest BCUT2D eigenvalue weighted by molar-refractivity contribution is 0.258. The average Bonchev–Trinajstić information content (AvgIpc) is 3.31. The van der Waals surface area contributed by atoms with Crippen LogP contribution in [0.4, 0.5) is 4.39 Å². The van der Waals surface area contributed by atoms with Crippen LogP contribution in [0.2, 0.25) is 0 Å². The lowest BCUT2D eigenvalue weighted by atomic mass is 9.96. The molecule has 25 heavy (non-hydrogen) atoms. The largest absolute Gasteiger partial charge is 0.493 e. The summed E-state index contributed by atoms with van der Waals surface area (Å²) in [5, 5.41) is 0. The lowest BCUT2D eigenvalue weighted by Gasteiger charge is -2.23. The molecule has 0 spiro atoms. The van der Waals surface area contributed by atoms with E-state index in [0.717, 1.165) is 23.6 Å². The van der Waals surface area contributed by atoms with Gasteiger partial charge < -0.3 is 14.1 Å². The van der Waals surface area contributed by atoms with E-state index in [4.69, 9.17) is 9.15 Å². The molecule has 0 fully saturated rings. The summed E-state index contributed by atoms with van der Waals surface area (Å²) in [6.07, 6.45) is 3.70. The molecular weight excluding hydrogens is 321 g/mol. The molecule has 0 radical (unpaired) electrons. The molecule has 0 saturated carbocycles. The highest BCUT2D eigenvalue weighted by molar-refractivity contribution is 5.81. The van der Waals surface area contributed by atoms with Gasteiger partial charge in [0, 0.05) is 6.99 Å². The van der Waals surface area contributed by atoms with Gasteiger partial charge in [0.2, 0.25) is 0 Å². The summed E-state index contributed by atoms with van der Waals surface area (Å²) in [5.74, 6) is 1.85. The summed E-state index contributed by atoms with van der Waals surface area (Å²) in [7, 11) is 0. The Morgan fingerprint density at radius 2 is 2.16 bits per heavy atom. The van der Waals surface area contributed by atoms with Crippen LogP contribution in [-0.4, -0.2) is 21.6 Å². The molecule has 1 aliphatic heterocycles. The molecule has 4 aromatic rings. The van der Waals surface area contributed by atoms with Crippen LogP contribution < -0.4 is 4.74 Å². The van der Waals surface area contributed by atoms with E-state index >= 15 is 0 Å². The van der Waals surface area contributed by atoms with E-state index in [1.54, 1.807) is 6.20 Å². The predicted molar refractivity (Wildman–Crippen MR) is 92.0 cm³/mol. The maximum atomic E-state index is 14.5. The van der Waals surface area contributed by atoms with Crippen LogP contribution in [0.25, 0.3) is 22.4 Å². The number of para-hydroxylation sites is 1. The minimum absolute atomic E-state index is 0. The Kier molecular flexibility index (Phi) is 3.09. The molecule has 1 N–H and O–H groups in total. The van der Waals surface area contributed by atoms with Crippen molar-refractivity contribution in [2.24, 2.45) is 0 Å². The molecule has 5 rings (SSSR count). The van der Waals surface area contributed by atoms with Crippen LogP contribution in [0.15, 0.2) is 53.4 Å². The van der Waals surface area contributed by atoms with E-state index in [9.17, 15) is 4.39 Å². The standard InChI is InChI=1S/C19H14FN3O2.H2/c20-14-6-12(17-8-21-10-25-17)7-15-18(14)23-19(22-15)13-5-11-3-1-2-4-16(11)24-9-13;/h1-4,6-8,10,13H,5,9H2,(H,22,23);1H. The molecule has 126 valence electrons. The van der Waals surface area contributed by atoms with Crippen LogP contribution in [0.5, 0.6) is 5.75 Å². The third-order valence-corrected chi connectivity index (χ3v) is 4.54. The number of rotatable bonds is 2. The Labute approximate surface area is 144 Å².